The van der Waals surface area contributed by atoms with Crippen molar-refractivity contribution in [3.8, 4) is 0 Å². The van der Waals surface area contributed by atoms with Crippen LogP contribution in [0, 0.1) is 0 Å². The van der Waals surface area contributed by atoms with Crippen LogP contribution in [0.25, 0.3) is 0 Å². The van der Waals surface area contributed by atoms with E-state index in [9.17, 15) is 9.59 Å². The summed E-state index contributed by atoms with van der Waals surface area (Å²) in [5, 5.41) is 6.02. The molecular formula is C14H21N3O3. The van der Waals surface area contributed by atoms with Gasteiger partial charge in [0.25, 0.3) is 0 Å². The van der Waals surface area contributed by atoms with Crippen LogP contribution in [0.5, 0.6) is 0 Å². The Morgan fingerprint density at radius 1 is 1.50 bits per heavy atom. The third kappa shape index (κ3) is 3.91. The molecule has 20 heavy (non-hydrogen) atoms. The molecule has 1 amide bonds. The van der Waals surface area contributed by atoms with E-state index in [0.717, 1.165) is 30.5 Å². The Morgan fingerprint density at radius 3 is 3.15 bits per heavy atom. The number of carbonyl (C=O) groups excluding carboxylic acids is 1. The molecule has 6 nitrogen and oxygen atoms in total. The van der Waals surface area contributed by atoms with Crippen LogP contribution in [-0.2, 0) is 16.0 Å². The summed E-state index contributed by atoms with van der Waals surface area (Å²) in [6, 6.07) is 3.52. The zero-order chi connectivity index (χ0) is 14.4. The van der Waals surface area contributed by atoms with E-state index < -0.39 is 0 Å². The van der Waals surface area contributed by atoms with Crippen LogP contribution in [0.3, 0.4) is 0 Å². The number of aryl methyl sites for hydroxylation is 1. The number of fused-ring (bicyclic) bond motifs is 1. The topological polar surface area (TPSA) is 83.2 Å². The van der Waals surface area contributed by atoms with Crippen molar-refractivity contribution >= 4 is 5.91 Å². The molecule has 110 valence electrons. The van der Waals surface area contributed by atoms with E-state index in [1.807, 2.05) is 6.07 Å². The van der Waals surface area contributed by atoms with Crippen LogP contribution < -0.4 is 16.2 Å². The van der Waals surface area contributed by atoms with E-state index in [0.29, 0.717) is 13.2 Å². The first-order valence-corrected chi connectivity index (χ1v) is 6.92. The monoisotopic (exact) mass is 279 g/mol. The molecule has 1 atom stereocenters. The maximum Gasteiger partial charge on any atom is 0.248 e. The number of H-pyrrole nitrogens is 1. The van der Waals surface area contributed by atoms with Crippen LogP contribution in [0.4, 0.5) is 0 Å². The first-order chi connectivity index (χ1) is 9.70. The molecule has 1 aromatic rings. The van der Waals surface area contributed by atoms with Crippen molar-refractivity contribution in [2.24, 2.45) is 0 Å². The van der Waals surface area contributed by atoms with Crippen molar-refractivity contribution < 1.29 is 9.53 Å². The maximum atomic E-state index is 11.6. The highest BCUT2D eigenvalue weighted by atomic mass is 16.5. The van der Waals surface area contributed by atoms with Gasteiger partial charge in [-0.25, -0.2) is 0 Å². The summed E-state index contributed by atoms with van der Waals surface area (Å²) in [7, 11) is 1.60. The highest BCUT2D eigenvalue weighted by molar-refractivity contribution is 5.78. The van der Waals surface area contributed by atoms with E-state index in [1.165, 1.54) is 6.07 Å². The fraction of sp³-hybridized carbons (Fsp3) is 0.571. The molecule has 1 unspecified atom stereocenters. The van der Waals surface area contributed by atoms with E-state index in [2.05, 4.69) is 15.6 Å². The quantitative estimate of drug-likeness (QED) is 0.645. The van der Waals surface area contributed by atoms with Crippen molar-refractivity contribution in [3.63, 3.8) is 0 Å². The molecule has 1 aliphatic rings. The molecule has 2 rings (SSSR count). The van der Waals surface area contributed by atoms with Crippen LogP contribution in [-0.4, -0.2) is 37.7 Å². The standard InChI is InChI=1S/C14H21N3O3/c1-20-8-7-15-14(19)9-16-11-3-2-4-12-10(11)5-6-13(18)17-12/h5-6,11,16H,2-4,7-9H2,1H3,(H,15,19)(H,17,18). The number of rotatable bonds is 6. The molecule has 0 saturated carbocycles. The summed E-state index contributed by atoms with van der Waals surface area (Å²) in [5.41, 5.74) is 2.02. The second-order valence-corrected chi connectivity index (χ2v) is 4.92. The number of carbonyl (C=O) groups is 1. The summed E-state index contributed by atoms with van der Waals surface area (Å²) in [6.07, 6.45) is 2.88. The molecule has 0 aliphatic heterocycles. The summed E-state index contributed by atoms with van der Waals surface area (Å²) in [5.74, 6) is -0.0430. The average molecular weight is 279 g/mol. The molecule has 1 aromatic heterocycles. The Labute approximate surface area is 117 Å². The predicted molar refractivity (Wildman–Crippen MR) is 75.6 cm³/mol. The molecule has 1 heterocycles. The maximum absolute atomic E-state index is 11.6. The van der Waals surface area contributed by atoms with Gasteiger partial charge in [-0.2, -0.15) is 0 Å². The summed E-state index contributed by atoms with van der Waals surface area (Å²) in [6.45, 7) is 1.30. The lowest BCUT2D eigenvalue weighted by Crippen LogP contribution is -2.38. The van der Waals surface area contributed by atoms with Crippen molar-refractivity contribution in [1.29, 1.82) is 0 Å². The summed E-state index contributed by atoms with van der Waals surface area (Å²) < 4.78 is 4.88. The second-order valence-electron chi connectivity index (χ2n) is 4.92. The Bertz CT molecular complexity index is 513. The third-order valence-corrected chi connectivity index (χ3v) is 3.47. The number of hydrogen-bond donors (Lipinski definition) is 3. The molecule has 0 saturated heterocycles. The van der Waals surface area contributed by atoms with Gasteiger partial charge in [0.1, 0.15) is 0 Å². The average Bonchev–Trinajstić information content (AvgIpc) is 2.45. The molecule has 0 spiro atoms. The fourth-order valence-electron chi connectivity index (χ4n) is 2.48. The summed E-state index contributed by atoms with van der Waals surface area (Å²) >= 11 is 0. The van der Waals surface area contributed by atoms with Crippen LogP contribution >= 0.6 is 0 Å². The van der Waals surface area contributed by atoms with E-state index in [1.54, 1.807) is 7.11 Å². The summed E-state index contributed by atoms with van der Waals surface area (Å²) in [4.78, 5) is 25.8. The van der Waals surface area contributed by atoms with Gasteiger partial charge < -0.3 is 20.4 Å². The minimum atomic E-state index is -0.0679. The van der Waals surface area contributed by atoms with Gasteiger partial charge >= 0.3 is 0 Å². The van der Waals surface area contributed by atoms with Crippen LogP contribution in [0.2, 0.25) is 0 Å². The molecular weight excluding hydrogens is 258 g/mol. The Morgan fingerprint density at radius 2 is 2.35 bits per heavy atom. The van der Waals surface area contributed by atoms with Gasteiger partial charge in [-0.1, -0.05) is 6.07 Å². The second kappa shape index (κ2) is 7.21. The van der Waals surface area contributed by atoms with E-state index >= 15 is 0 Å². The number of pyridine rings is 1. The Hall–Kier alpha value is -1.66. The number of methoxy groups -OCH3 is 1. The van der Waals surface area contributed by atoms with Gasteiger partial charge in [0.15, 0.2) is 0 Å². The van der Waals surface area contributed by atoms with Gasteiger partial charge in [0.2, 0.25) is 11.5 Å². The van der Waals surface area contributed by atoms with Gasteiger partial charge in [0.05, 0.1) is 13.2 Å². The lowest BCUT2D eigenvalue weighted by Gasteiger charge is -2.25. The SMILES string of the molecule is COCCNC(=O)CNC1CCCc2[nH]c(=O)ccc21. The van der Waals surface area contributed by atoms with Crippen molar-refractivity contribution in [2.75, 3.05) is 26.8 Å². The van der Waals surface area contributed by atoms with E-state index in [4.69, 9.17) is 4.74 Å². The first kappa shape index (κ1) is 14.7. The highest BCUT2D eigenvalue weighted by Gasteiger charge is 2.20. The zero-order valence-electron chi connectivity index (χ0n) is 11.7. The normalized spacial score (nSPS) is 17.6. The minimum absolute atomic E-state index is 0.0430. The molecule has 6 heteroatoms. The van der Waals surface area contributed by atoms with Crippen LogP contribution in [0.15, 0.2) is 16.9 Å². The first-order valence-electron chi connectivity index (χ1n) is 6.92. The van der Waals surface area contributed by atoms with E-state index in [-0.39, 0.29) is 24.1 Å². The molecule has 0 bridgehead atoms. The number of ether oxygens (including phenoxy) is 1. The van der Waals surface area contributed by atoms with Crippen molar-refractivity contribution in [1.82, 2.24) is 15.6 Å². The molecule has 1 aliphatic carbocycles. The number of hydrogen-bond acceptors (Lipinski definition) is 4. The molecule has 0 radical (unpaired) electrons. The number of nitrogens with one attached hydrogen (secondary N) is 3. The zero-order valence-corrected chi connectivity index (χ0v) is 11.7. The minimum Gasteiger partial charge on any atom is -0.383 e. The number of aromatic nitrogens is 1. The smallest absolute Gasteiger partial charge is 0.248 e. The number of aromatic amines is 1. The van der Waals surface area contributed by atoms with Gasteiger partial charge in [0, 0.05) is 31.5 Å². The van der Waals surface area contributed by atoms with Crippen molar-refractivity contribution in [3.05, 3.63) is 33.7 Å². The fourth-order valence-corrected chi connectivity index (χ4v) is 2.48. The van der Waals surface area contributed by atoms with Gasteiger partial charge in [-0.3, -0.25) is 9.59 Å². The van der Waals surface area contributed by atoms with Crippen LogP contribution in [0.1, 0.15) is 30.1 Å². The molecule has 0 aromatic carbocycles. The Kier molecular flexibility index (Phi) is 5.31. The van der Waals surface area contributed by atoms with Gasteiger partial charge in [-0.15, -0.1) is 0 Å². The van der Waals surface area contributed by atoms with Crippen molar-refractivity contribution in [2.45, 2.75) is 25.3 Å². The molecule has 0 fully saturated rings. The third-order valence-electron chi connectivity index (χ3n) is 3.47. The largest absolute Gasteiger partial charge is 0.383 e. The Balaban J connectivity index is 1.89. The predicted octanol–water partition coefficient (Wildman–Crippen LogP) is 0.105. The molecule has 3 N–H and O–H groups in total. The lowest BCUT2D eigenvalue weighted by molar-refractivity contribution is -0.120. The lowest BCUT2D eigenvalue weighted by atomic mass is 9.91. The highest BCUT2D eigenvalue weighted by Crippen LogP contribution is 2.27. The van der Waals surface area contributed by atoms with Gasteiger partial charge in [-0.05, 0) is 24.8 Å². The number of amides is 1.